The summed E-state index contributed by atoms with van der Waals surface area (Å²) in [6, 6.07) is 7.13. The van der Waals surface area contributed by atoms with E-state index in [-0.39, 0.29) is 17.7 Å². The maximum atomic E-state index is 14.0. The van der Waals surface area contributed by atoms with Crippen molar-refractivity contribution < 1.29 is 18.7 Å². The fourth-order valence-electron chi connectivity index (χ4n) is 3.22. The lowest BCUT2D eigenvalue weighted by molar-refractivity contribution is -0.131. The normalized spacial score (nSPS) is 16.2. The highest BCUT2D eigenvalue weighted by atomic mass is 19.1. The van der Waals surface area contributed by atoms with Crippen LogP contribution >= 0.6 is 0 Å². The molecule has 1 fully saturated rings. The molecule has 1 aromatic heterocycles. The summed E-state index contributed by atoms with van der Waals surface area (Å²) < 4.78 is 19.9. The molecule has 3 amide bonds. The molecule has 0 radical (unpaired) electrons. The first kappa shape index (κ1) is 20.6. The molecule has 8 heteroatoms. The van der Waals surface area contributed by atoms with Gasteiger partial charge in [0, 0.05) is 37.0 Å². The van der Waals surface area contributed by atoms with Crippen LogP contribution in [0.1, 0.15) is 32.4 Å². The predicted molar refractivity (Wildman–Crippen MR) is 109 cm³/mol. The summed E-state index contributed by atoms with van der Waals surface area (Å²) in [6.45, 7) is 4.70. The molecular weight excluding hydrogens is 375 g/mol. The fourth-order valence-corrected chi connectivity index (χ4v) is 3.22. The van der Waals surface area contributed by atoms with Crippen LogP contribution in [0.25, 0.3) is 0 Å². The Morgan fingerprint density at radius 2 is 2.03 bits per heavy atom. The molecule has 1 saturated heterocycles. The van der Waals surface area contributed by atoms with Crippen LogP contribution in [0.2, 0.25) is 0 Å². The Morgan fingerprint density at radius 3 is 2.72 bits per heavy atom. The van der Waals surface area contributed by atoms with E-state index in [4.69, 9.17) is 4.74 Å². The van der Waals surface area contributed by atoms with Crippen molar-refractivity contribution in [3.8, 4) is 5.75 Å². The molecule has 3 rings (SSSR count). The van der Waals surface area contributed by atoms with Crippen molar-refractivity contribution in [2.75, 3.05) is 23.7 Å². The Balaban J connectivity index is 1.62. The second-order valence-corrected chi connectivity index (χ2v) is 6.99. The number of likely N-dealkylation sites (tertiary alicyclic amines) is 1. The molecule has 1 aromatic carbocycles. The zero-order chi connectivity index (χ0) is 20.8. The minimum Gasteiger partial charge on any atom is -0.488 e. The van der Waals surface area contributed by atoms with E-state index in [1.807, 2.05) is 13.0 Å². The van der Waals surface area contributed by atoms with Crippen LogP contribution in [0, 0.1) is 5.82 Å². The van der Waals surface area contributed by atoms with Gasteiger partial charge in [0.2, 0.25) is 5.91 Å². The number of nitrogens with zero attached hydrogens (tertiary/aromatic N) is 2. The van der Waals surface area contributed by atoms with Gasteiger partial charge in [0.25, 0.3) is 0 Å². The Bertz CT molecular complexity index is 873. The van der Waals surface area contributed by atoms with Gasteiger partial charge in [-0.05, 0) is 37.5 Å². The van der Waals surface area contributed by atoms with Crippen LogP contribution in [-0.4, -0.2) is 41.0 Å². The monoisotopic (exact) mass is 400 g/mol. The Morgan fingerprint density at radius 1 is 1.24 bits per heavy atom. The predicted octanol–water partition coefficient (Wildman–Crippen LogP) is 3.82. The number of hydrogen-bond donors (Lipinski definition) is 2. The van der Waals surface area contributed by atoms with E-state index in [2.05, 4.69) is 15.6 Å². The molecule has 2 heterocycles. The van der Waals surface area contributed by atoms with Crippen LogP contribution in [0.3, 0.4) is 0 Å². The minimum atomic E-state index is -0.522. The third-order valence-electron chi connectivity index (χ3n) is 4.70. The van der Waals surface area contributed by atoms with Crippen molar-refractivity contribution in [2.24, 2.45) is 0 Å². The molecule has 0 spiro atoms. The molecule has 7 nitrogen and oxygen atoms in total. The van der Waals surface area contributed by atoms with Crippen LogP contribution < -0.4 is 15.4 Å². The number of ether oxygens (including phenoxy) is 1. The number of benzene rings is 1. The largest absolute Gasteiger partial charge is 0.488 e. The summed E-state index contributed by atoms with van der Waals surface area (Å²) in [5.74, 6) is -0.214. The minimum absolute atomic E-state index is 0.00183. The molecule has 1 unspecified atom stereocenters. The van der Waals surface area contributed by atoms with Crippen molar-refractivity contribution in [3.63, 3.8) is 0 Å². The van der Waals surface area contributed by atoms with Gasteiger partial charge in [-0.3, -0.25) is 9.78 Å². The number of anilines is 2. The van der Waals surface area contributed by atoms with Crippen LogP contribution in [0.4, 0.5) is 20.6 Å². The van der Waals surface area contributed by atoms with Crippen LogP contribution in [0.5, 0.6) is 5.75 Å². The molecule has 0 bridgehead atoms. The van der Waals surface area contributed by atoms with Gasteiger partial charge >= 0.3 is 6.03 Å². The van der Waals surface area contributed by atoms with E-state index in [1.54, 1.807) is 23.2 Å². The van der Waals surface area contributed by atoms with E-state index in [0.29, 0.717) is 24.5 Å². The number of aryl methyl sites for hydroxylation is 1. The molecule has 2 N–H and O–H groups in total. The number of piperidine rings is 1. The summed E-state index contributed by atoms with van der Waals surface area (Å²) in [7, 11) is 0. The van der Waals surface area contributed by atoms with Crippen molar-refractivity contribution in [1.29, 1.82) is 0 Å². The molecular formula is C21H25FN4O3. The Kier molecular flexibility index (Phi) is 6.64. The summed E-state index contributed by atoms with van der Waals surface area (Å²) in [6.07, 6.45) is 3.79. The van der Waals surface area contributed by atoms with Crippen LogP contribution in [0.15, 0.2) is 36.5 Å². The third-order valence-corrected chi connectivity index (χ3v) is 4.70. The van der Waals surface area contributed by atoms with E-state index < -0.39 is 11.8 Å². The SMILES string of the molecule is CCc1ccc(NC(=O)Nc2cc(F)cc(OC3CCCN(C(C)=O)C3)c2)cn1. The second-order valence-electron chi connectivity index (χ2n) is 6.99. The summed E-state index contributed by atoms with van der Waals surface area (Å²) >= 11 is 0. The average Bonchev–Trinajstić information content (AvgIpc) is 2.68. The number of halogens is 1. The summed E-state index contributed by atoms with van der Waals surface area (Å²) in [5, 5.41) is 5.26. The van der Waals surface area contributed by atoms with Gasteiger partial charge in [-0.2, -0.15) is 0 Å². The van der Waals surface area contributed by atoms with Gasteiger partial charge in [0.1, 0.15) is 17.7 Å². The molecule has 1 aliphatic heterocycles. The number of rotatable bonds is 5. The van der Waals surface area contributed by atoms with E-state index >= 15 is 0 Å². The first-order valence-electron chi connectivity index (χ1n) is 9.68. The third kappa shape index (κ3) is 5.91. The Hall–Kier alpha value is -3.16. The smallest absolute Gasteiger partial charge is 0.323 e. The zero-order valence-corrected chi connectivity index (χ0v) is 16.6. The van der Waals surface area contributed by atoms with Gasteiger partial charge in [-0.15, -0.1) is 0 Å². The number of carbonyl (C=O) groups excluding carboxylic acids is 2. The van der Waals surface area contributed by atoms with Crippen molar-refractivity contribution >= 4 is 23.3 Å². The molecule has 29 heavy (non-hydrogen) atoms. The molecule has 154 valence electrons. The lowest BCUT2D eigenvalue weighted by atomic mass is 10.1. The van der Waals surface area contributed by atoms with E-state index in [1.165, 1.54) is 19.1 Å². The number of nitrogens with one attached hydrogen (secondary N) is 2. The average molecular weight is 400 g/mol. The highest BCUT2D eigenvalue weighted by molar-refractivity contribution is 5.99. The number of pyridine rings is 1. The van der Waals surface area contributed by atoms with Gasteiger partial charge < -0.3 is 20.3 Å². The molecule has 0 saturated carbocycles. The maximum absolute atomic E-state index is 14.0. The fraction of sp³-hybridized carbons (Fsp3) is 0.381. The number of carbonyl (C=O) groups is 2. The van der Waals surface area contributed by atoms with E-state index in [0.717, 1.165) is 25.0 Å². The second kappa shape index (κ2) is 9.36. The first-order valence-corrected chi connectivity index (χ1v) is 9.68. The van der Waals surface area contributed by atoms with Gasteiger partial charge in [0.05, 0.1) is 18.4 Å². The standard InChI is InChI=1S/C21H25FN4O3/c1-3-16-6-7-17(12-23-16)24-21(28)25-18-9-15(22)10-20(11-18)29-19-5-4-8-26(13-19)14(2)27/h6-7,9-12,19H,3-5,8,13H2,1-2H3,(H2,24,25,28). The topological polar surface area (TPSA) is 83.6 Å². The Labute approximate surface area is 169 Å². The van der Waals surface area contributed by atoms with Gasteiger partial charge in [-0.25, -0.2) is 9.18 Å². The zero-order valence-electron chi connectivity index (χ0n) is 16.6. The molecule has 2 aromatic rings. The number of aromatic nitrogens is 1. The lowest BCUT2D eigenvalue weighted by Crippen LogP contribution is -2.43. The van der Waals surface area contributed by atoms with Gasteiger partial charge in [-0.1, -0.05) is 6.92 Å². The highest BCUT2D eigenvalue weighted by Crippen LogP contribution is 2.24. The van der Waals surface area contributed by atoms with Crippen molar-refractivity contribution in [3.05, 3.63) is 48.0 Å². The van der Waals surface area contributed by atoms with Crippen molar-refractivity contribution in [1.82, 2.24) is 9.88 Å². The van der Waals surface area contributed by atoms with Gasteiger partial charge in [0.15, 0.2) is 0 Å². The number of urea groups is 1. The highest BCUT2D eigenvalue weighted by Gasteiger charge is 2.23. The first-order chi connectivity index (χ1) is 13.9. The molecule has 1 atom stereocenters. The molecule has 1 aliphatic rings. The lowest BCUT2D eigenvalue weighted by Gasteiger charge is -2.32. The summed E-state index contributed by atoms with van der Waals surface area (Å²) in [5.41, 5.74) is 1.74. The maximum Gasteiger partial charge on any atom is 0.323 e. The van der Waals surface area contributed by atoms with E-state index in [9.17, 15) is 14.0 Å². The number of amides is 3. The van der Waals surface area contributed by atoms with Crippen molar-refractivity contribution in [2.45, 2.75) is 39.2 Å². The van der Waals surface area contributed by atoms with Crippen LogP contribution in [-0.2, 0) is 11.2 Å². The number of hydrogen-bond acceptors (Lipinski definition) is 4. The molecule has 0 aliphatic carbocycles. The quantitative estimate of drug-likeness (QED) is 0.799. The summed E-state index contributed by atoms with van der Waals surface area (Å²) in [4.78, 5) is 29.7.